The molecule has 0 unspecified atom stereocenters. The van der Waals surface area contributed by atoms with Crippen molar-refractivity contribution >= 4 is 34.2 Å². The predicted octanol–water partition coefficient (Wildman–Crippen LogP) is 2.98. The first kappa shape index (κ1) is 19.5. The van der Waals surface area contributed by atoms with Crippen molar-refractivity contribution in [3.05, 3.63) is 40.3 Å². The second kappa shape index (κ2) is 7.65. The summed E-state index contributed by atoms with van der Waals surface area (Å²) in [5, 5.41) is 9.03. The number of aromatic nitrogens is 4. The Hall–Kier alpha value is -2.48. The van der Waals surface area contributed by atoms with E-state index in [4.69, 9.17) is 0 Å². The van der Waals surface area contributed by atoms with Crippen LogP contribution < -0.4 is 10.9 Å². The van der Waals surface area contributed by atoms with Crippen molar-refractivity contribution < 1.29 is 4.79 Å². The first-order valence-corrected chi connectivity index (χ1v) is 11.6. The third-order valence-corrected chi connectivity index (χ3v) is 7.66. The molecular formula is C22H25N5O2S. The lowest BCUT2D eigenvalue weighted by atomic mass is 9.83. The van der Waals surface area contributed by atoms with Crippen molar-refractivity contribution in [3.8, 4) is 0 Å². The molecule has 2 aromatic heterocycles. The number of carbonyl (C=O) groups is 1. The van der Waals surface area contributed by atoms with Crippen LogP contribution in [0.15, 0.2) is 34.2 Å². The van der Waals surface area contributed by atoms with E-state index in [0.717, 1.165) is 23.2 Å². The molecule has 0 spiro atoms. The second-order valence-corrected chi connectivity index (χ2v) is 9.38. The first-order valence-electron chi connectivity index (χ1n) is 10.6. The van der Waals surface area contributed by atoms with E-state index in [2.05, 4.69) is 27.3 Å². The molecule has 30 heavy (non-hydrogen) atoms. The number of aryl methyl sites for hydroxylation is 1. The molecule has 2 heterocycles. The number of rotatable bonds is 5. The lowest BCUT2D eigenvalue weighted by Gasteiger charge is -2.31. The van der Waals surface area contributed by atoms with Crippen molar-refractivity contribution in [2.24, 2.45) is 17.8 Å². The maximum Gasteiger partial charge on any atom is 0.294 e. The Balaban J connectivity index is 1.40. The van der Waals surface area contributed by atoms with E-state index >= 15 is 0 Å². The van der Waals surface area contributed by atoms with Crippen LogP contribution in [0.1, 0.15) is 38.3 Å². The molecule has 4 atom stereocenters. The Morgan fingerprint density at radius 2 is 2.03 bits per heavy atom. The molecule has 0 radical (unpaired) electrons. The van der Waals surface area contributed by atoms with Gasteiger partial charge in [-0.25, -0.2) is 4.98 Å². The molecule has 1 amide bonds. The van der Waals surface area contributed by atoms with Gasteiger partial charge in [0.2, 0.25) is 5.91 Å². The molecular weight excluding hydrogens is 398 g/mol. The predicted molar refractivity (Wildman–Crippen MR) is 117 cm³/mol. The Labute approximate surface area is 178 Å². The molecule has 0 saturated heterocycles. The lowest BCUT2D eigenvalue weighted by Crippen LogP contribution is -2.44. The number of fused-ring (bicyclic) bond motifs is 5. The van der Waals surface area contributed by atoms with Crippen LogP contribution in [-0.4, -0.2) is 37.3 Å². The molecule has 0 aliphatic heterocycles. The van der Waals surface area contributed by atoms with Gasteiger partial charge in [-0.15, -0.1) is 0 Å². The van der Waals surface area contributed by atoms with Crippen molar-refractivity contribution in [2.45, 2.75) is 50.7 Å². The molecule has 8 heteroatoms. The number of benzene rings is 1. The Morgan fingerprint density at radius 1 is 1.23 bits per heavy atom. The van der Waals surface area contributed by atoms with Gasteiger partial charge in [-0.05, 0) is 56.1 Å². The summed E-state index contributed by atoms with van der Waals surface area (Å²) in [4.78, 5) is 33.8. The summed E-state index contributed by atoms with van der Waals surface area (Å²) in [6.07, 6.45) is 4.93. The van der Waals surface area contributed by atoms with E-state index in [9.17, 15) is 9.59 Å². The number of amides is 1. The van der Waals surface area contributed by atoms with Crippen LogP contribution in [0.4, 0.5) is 0 Å². The Morgan fingerprint density at radius 3 is 2.87 bits per heavy atom. The molecule has 2 aliphatic rings. The third kappa shape index (κ3) is 3.27. The summed E-state index contributed by atoms with van der Waals surface area (Å²) in [5.41, 5.74) is 1.17. The zero-order valence-corrected chi connectivity index (χ0v) is 18.0. The number of nitrogens with zero attached hydrogens (tertiary/aromatic N) is 4. The number of nitrogens with one attached hydrogen (secondary N) is 1. The second-order valence-electron chi connectivity index (χ2n) is 8.44. The van der Waals surface area contributed by atoms with Crippen molar-refractivity contribution in [2.75, 3.05) is 5.75 Å². The quantitative estimate of drug-likeness (QED) is 0.386. The van der Waals surface area contributed by atoms with Gasteiger partial charge < -0.3 is 5.32 Å². The van der Waals surface area contributed by atoms with Crippen LogP contribution in [0.2, 0.25) is 0 Å². The number of thioether (sulfide) groups is 1. The zero-order chi connectivity index (χ0) is 20.8. The van der Waals surface area contributed by atoms with Crippen LogP contribution in [0.25, 0.3) is 16.6 Å². The smallest absolute Gasteiger partial charge is 0.294 e. The van der Waals surface area contributed by atoms with Crippen LogP contribution in [0.3, 0.4) is 0 Å². The van der Waals surface area contributed by atoms with Gasteiger partial charge in [0.15, 0.2) is 10.8 Å². The topological polar surface area (TPSA) is 89.2 Å². The highest BCUT2D eigenvalue weighted by Gasteiger charge is 2.46. The van der Waals surface area contributed by atoms with Gasteiger partial charge in [0, 0.05) is 11.4 Å². The molecule has 2 fully saturated rings. The summed E-state index contributed by atoms with van der Waals surface area (Å²) < 4.78 is 1.59. The van der Waals surface area contributed by atoms with E-state index in [1.807, 2.05) is 24.3 Å². The van der Waals surface area contributed by atoms with E-state index in [-0.39, 0.29) is 17.2 Å². The van der Waals surface area contributed by atoms with E-state index in [1.54, 1.807) is 11.4 Å². The highest BCUT2D eigenvalue weighted by Crippen LogP contribution is 2.49. The minimum atomic E-state index is -0.345. The normalized spacial score (nSPS) is 25.3. The van der Waals surface area contributed by atoms with Crippen LogP contribution in [0.5, 0.6) is 0 Å². The fraction of sp³-hybridized carbons (Fsp3) is 0.500. The average molecular weight is 424 g/mol. The molecule has 5 rings (SSSR count). The van der Waals surface area contributed by atoms with Gasteiger partial charge >= 0.3 is 0 Å². The van der Waals surface area contributed by atoms with Gasteiger partial charge in [-0.1, -0.05) is 37.2 Å². The largest absolute Gasteiger partial charge is 0.352 e. The summed E-state index contributed by atoms with van der Waals surface area (Å²) in [6.45, 7) is 3.87. The Kier molecular flexibility index (Phi) is 4.97. The summed E-state index contributed by atoms with van der Waals surface area (Å²) in [6, 6.07) is 7.85. The number of hydrogen-bond donors (Lipinski definition) is 1. The molecule has 2 aliphatic carbocycles. The standard InChI is InChI=1S/C22H25N5O2S/c1-3-15-13-8-9-14(10-13)19(15)24-18(28)11-30-22-23-17-7-5-4-6-16(17)20-25-21(29)12(2)26-27(20)22/h4-7,13-15,19H,3,8-11H2,1-2H3,(H,24,28)/t13-,14-,15-,19-/m0/s1. The number of hydrogen-bond acceptors (Lipinski definition) is 6. The summed E-state index contributed by atoms with van der Waals surface area (Å²) in [5.74, 6) is 2.31. The van der Waals surface area contributed by atoms with Crippen molar-refractivity contribution in [3.63, 3.8) is 0 Å². The van der Waals surface area contributed by atoms with E-state index < -0.39 is 0 Å². The summed E-state index contributed by atoms with van der Waals surface area (Å²) >= 11 is 1.33. The van der Waals surface area contributed by atoms with E-state index in [1.165, 1.54) is 31.0 Å². The van der Waals surface area contributed by atoms with Gasteiger partial charge in [-0.3, -0.25) is 9.59 Å². The minimum Gasteiger partial charge on any atom is -0.352 e. The monoisotopic (exact) mass is 423 g/mol. The molecule has 1 aromatic carbocycles. The SMILES string of the molecule is CC[C@H]1[C@H]2CC[C@@H](C2)[C@@H]1NC(=O)CSc1nc2ccccc2c2nc(=O)c(C)nn12. The summed E-state index contributed by atoms with van der Waals surface area (Å²) in [7, 11) is 0. The van der Waals surface area contributed by atoms with E-state index in [0.29, 0.717) is 34.4 Å². The highest BCUT2D eigenvalue weighted by atomic mass is 32.2. The first-order chi connectivity index (χ1) is 14.5. The Bertz CT molecular complexity index is 1190. The minimum absolute atomic E-state index is 0.0323. The number of carbonyl (C=O) groups excluding carboxylic acids is 1. The molecule has 1 N–H and O–H groups in total. The van der Waals surface area contributed by atoms with Crippen molar-refractivity contribution in [1.82, 2.24) is 24.9 Å². The zero-order valence-electron chi connectivity index (χ0n) is 17.2. The van der Waals surface area contributed by atoms with Gasteiger partial charge in [0.05, 0.1) is 11.3 Å². The lowest BCUT2D eigenvalue weighted by molar-refractivity contribution is -0.120. The van der Waals surface area contributed by atoms with Crippen LogP contribution in [-0.2, 0) is 4.79 Å². The molecule has 2 saturated carbocycles. The van der Waals surface area contributed by atoms with Crippen molar-refractivity contribution in [1.29, 1.82) is 0 Å². The maximum absolute atomic E-state index is 12.8. The fourth-order valence-corrected chi connectivity index (χ4v) is 6.11. The molecule has 3 aromatic rings. The molecule has 156 valence electrons. The highest BCUT2D eigenvalue weighted by molar-refractivity contribution is 7.99. The maximum atomic E-state index is 12.8. The van der Waals surface area contributed by atoms with Crippen LogP contribution in [0, 0.1) is 24.7 Å². The average Bonchev–Trinajstić information content (AvgIpc) is 3.35. The van der Waals surface area contributed by atoms with Crippen LogP contribution >= 0.6 is 11.8 Å². The van der Waals surface area contributed by atoms with Gasteiger partial charge in [-0.2, -0.15) is 14.6 Å². The van der Waals surface area contributed by atoms with Gasteiger partial charge in [0.1, 0.15) is 5.69 Å². The number of para-hydroxylation sites is 1. The van der Waals surface area contributed by atoms with Gasteiger partial charge in [0.25, 0.3) is 5.56 Å². The fourth-order valence-electron chi connectivity index (χ4n) is 5.36. The molecule has 2 bridgehead atoms. The molecule has 7 nitrogen and oxygen atoms in total. The third-order valence-electron chi connectivity index (χ3n) is 6.73.